The summed E-state index contributed by atoms with van der Waals surface area (Å²) in [7, 11) is 0. The fourth-order valence-corrected chi connectivity index (χ4v) is 1.57. The van der Waals surface area contributed by atoms with Crippen LogP contribution >= 0.6 is 0 Å². The lowest BCUT2D eigenvalue weighted by atomic mass is 10.1. The molecule has 1 aromatic carbocycles. The lowest BCUT2D eigenvalue weighted by molar-refractivity contribution is -0.0888. The molecule has 18 heavy (non-hydrogen) atoms. The van der Waals surface area contributed by atoms with Crippen molar-refractivity contribution in [1.29, 1.82) is 0 Å². The minimum atomic E-state index is -5.11. The quantitative estimate of drug-likeness (QED) is 0.608. The summed E-state index contributed by atoms with van der Waals surface area (Å²) < 4.78 is 60.1. The molecule has 0 unspecified atom stereocenters. The molecule has 0 amide bonds. The lowest BCUT2D eigenvalue weighted by Gasteiger charge is -2.12. The molecular formula is C11H8F4O3. The molecule has 0 spiro atoms. The van der Waals surface area contributed by atoms with E-state index >= 15 is 0 Å². The fourth-order valence-electron chi connectivity index (χ4n) is 1.57. The number of hydrogen-bond acceptors (Lipinski definition) is 3. The predicted molar refractivity (Wildman–Crippen MR) is 51.4 cm³/mol. The molecule has 1 aromatic rings. The van der Waals surface area contributed by atoms with E-state index in [2.05, 4.69) is 0 Å². The highest BCUT2D eigenvalue weighted by Gasteiger charge is 2.41. The van der Waals surface area contributed by atoms with Crippen molar-refractivity contribution < 1.29 is 31.8 Å². The largest absolute Gasteiger partial charge is 0.454 e. The molecule has 1 aliphatic rings. The molecule has 0 radical (unpaired) electrons. The summed E-state index contributed by atoms with van der Waals surface area (Å²) in [6.45, 7) is 0.592. The van der Waals surface area contributed by atoms with Crippen LogP contribution in [0, 0.1) is 5.82 Å². The first-order chi connectivity index (χ1) is 8.39. The van der Waals surface area contributed by atoms with Gasteiger partial charge in [-0.2, -0.15) is 13.2 Å². The predicted octanol–water partition coefficient (Wildman–Crippen LogP) is 2.62. The van der Waals surface area contributed by atoms with Gasteiger partial charge in [-0.3, -0.25) is 4.79 Å². The van der Waals surface area contributed by atoms with Crippen LogP contribution in [0.2, 0.25) is 0 Å². The standard InChI is InChI=1S/C11H8F4O3/c12-8-2-1-6(10-17-3-4-18-10)5-7(8)9(16)11(13,14)15/h1-2,5,10H,3-4H2. The molecular weight excluding hydrogens is 256 g/mol. The second-order valence-electron chi connectivity index (χ2n) is 3.64. The van der Waals surface area contributed by atoms with E-state index in [1.165, 1.54) is 6.07 Å². The third-order valence-electron chi connectivity index (χ3n) is 2.39. The molecule has 0 bridgehead atoms. The number of carbonyl (C=O) groups is 1. The van der Waals surface area contributed by atoms with Crippen LogP contribution in [-0.4, -0.2) is 25.2 Å². The first-order valence-electron chi connectivity index (χ1n) is 5.04. The van der Waals surface area contributed by atoms with E-state index in [1.807, 2.05) is 0 Å². The van der Waals surface area contributed by atoms with Crippen LogP contribution in [0.15, 0.2) is 18.2 Å². The number of ether oxygens (including phenoxy) is 2. The Morgan fingerprint density at radius 1 is 1.22 bits per heavy atom. The molecule has 3 nitrogen and oxygen atoms in total. The zero-order chi connectivity index (χ0) is 13.3. The molecule has 1 heterocycles. The van der Waals surface area contributed by atoms with Crippen LogP contribution in [0.1, 0.15) is 22.2 Å². The van der Waals surface area contributed by atoms with Crippen molar-refractivity contribution in [2.75, 3.05) is 13.2 Å². The van der Waals surface area contributed by atoms with Gasteiger partial charge in [0.15, 0.2) is 6.29 Å². The van der Waals surface area contributed by atoms with E-state index in [4.69, 9.17) is 9.47 Å². The molecule has 0 saturated carbocycles. The molecule has 1 saturated heterocycles. The highest BCUT2D eigenvalue weighted by Crippen LogP contribution is 2.28. The van der Waals surface area contributed by atoms with Gasteiger partial charge in [0.1, 0.15) is 5.82 Å². The third kappa shape index (κ3) is 2.51. The average Bonchev–Trinajstić information content (AvgIpc) is 2.81. The van der Waals surface area contributed by atoms with Crippen LogP contribution in [0.3, 0.4) is 0 Å². The van der Waals surface area contributed by atoms with Crippen LogP contribution in [0.4, 0.5) is 17.6 Å². The number of carbonyl (C=O) groups excluding carboxylic acids is 1. The van der Waals surface area contributed by atoms with Crippen LogP contribution in [-0.2, 0) is 9.47 Å². The van der Waals surface area contributed by atoms with Crippen molar-refractivity contribution in [2.24, 2.45) is 0 Å². The smallest absolute Gasteiger partial charge is 0.346 e. The molecule has 1 fully saturated rings. The summed E-state index contributed by atoms with van der Waals surface area (Å²) in [5.41, 5.74) is -0.847. The fraction of sp³-hybridized carbons (Fsp3) is 0.364. The number of benzene rings is 1. The van der Waals surface area contributed by atoms with E-state index in [9.17, 15) is 22.4 Å². The molecule has 7 heteroatoms. The Labute approximate surface area is 99.3 Å². The van der Waals surface area contributed by atoms with Crippen molar-refractivity contribution in [2.45, 2.75) is 12.5 Å². The molecule has 0 aliphatic carbocycles. The Morgan fingerprint density at radius 3 is 2.39 bits per heavy atom. The number of Topliss-reactive ketones (excluding diaryl/α,β-unsaturated/α-hetero) is 1. The second kappa shape index (κ2) is 4.66. The molecule has 0 aromatic heterocycles. The van der Waals surface area contributed by atoms with Gasteiger partial charge in [-0.1, -0.05) is 6.07 Å². The second-order valence-corrected chi connectivity index (χ2v) is 3.64. The van der Waals surface area contributed by atoms with Gasteiger partial charge in [-0.05, 0) is 12.1 Å². The lowest BCUT2D eigenvalue weighted by Crippen LogP contribution is -2.24. The van der Waals surface area contributed by atoms with Gasteiger partial charge in [0.05, 0.1) is 18.8 Å². The van der Waals surface area contributed by atoms with E-state index in [-0.39, 0.29) is 5.56 Å². The minimum absolute atomic E-state index is 0.182. The molecule has 1 aliphatic heterocycles. The first-order valence-corrected chi connectivity index (χ1v) is 5.04. The van der Waals surface area contributed by atoms with E-state index in [0.717, 1.165) is 12.1 Å². The minimum Gasteiger partial charge on any atom is -0.346 e. The van der Waals surface area contributed by atoms with Gasteiger partial charge in [0.25, 0.3) is 5.78 Å². The van der Waals surface area contributed by atoms with E-state index in [0.29, 0.717) is 13.2 Å². The van der Waals surface area contributed by atoms with Crippen molar-refractivity contribution in [3.8, 4) is 0 Å². The molecule has 2 rings (SSSR count). The summed E-state index contributed by atoms with van der Waals surface area (Å²) in [4.78, 5) is 11.0. The molecule has 0 N–H and O–H groups in total. The van der Waals surface area contributed by atoms with Crippen LogP contribution < -0.4 is 0 Å². The van der Waals surface area contributed by atoms with Crippen molar-refractivity contribution in [3.63, 3.8) is 0 Å². The van der Waals surface area contributed by atoms with Gasteiger partial charge in [-0.25, -0.2) is 4.39 Å². The van der Waals surface area contributed by atoms with Crippen molar-refractivity contribution in [1.82, 2.24) is 0 Å². The topological polar surface area (TPSA) is 35.5 Å². The van der Waals surface area contributed by atoms with Gasteiger partial charge in [0.2, 0.25) is 0 Å². The maximum absolute atomic E-state index is 13.2. The Kier molecular flexibility index (Phi) is 3.36. The average molecular weight is 264 g/mol. The number of halogens is 4. The SMILES string of the molecule is O=C(c1cc(C2OCCO2)ccc1F)C(F)(F)F. The van der Waals surface area contributed by atoms with Crippen LogP contribution in [0.5, 0.6) is 0 Å². The van der Waals surface area contributed by atoms with E-state index in [1.54, 1.807) is 0 Å². The Hall–Kier alpha value is -1.47. The van der Waals surface area contributed by atoms with Crippen molar-refractivity contribution in [3.05, 3.63) is 35.1 Å². The highest BCUT2D eigenvalue weighted by molar-refractivity contribution is 6.00. The van der Waals surface area contributed by atoms with E-state index < -0.39 is 29.6 Å². The molecule has 0 atom stereocenters. The number of ketones is 1. The summed E-state index contributed by atoms with van der Waals surface area (Å²) in [5.74, 6) is -3.45. The summed E-state index contributed by atoms with van der Waals surface area (Å²) in [6.07, 6.45) is -5.97. The number of alkyl halides is 3. The zero-order valence-corrected chi connectivity index (χ0v) is 8.96. The normalized spacial score (nSPS) is 17.1. The van der Waals surface area contributed by atoms with Gasteiger partial charge < -0.3 is 9.47 Å². The Balaban J connectivity index is 2.35. The Morgan fingerprint density at radius 2 is 1.83 bits per heavy atom. The number of rotatable bonds is 2. The highest BCUT2D eigenvalue weighted by atomic mass is 19.4. The van der Waals surface area contributed by atoms with Gasteiger partial charge >= 0.3 is 6.18 Å². The van der Waals surface area contributed by atoms with Crippen LogP contribution in [0.25, 0.3) is 0 Å². The maximum atomic E-state index is 13.2. The summed E-state index contributed by atoms with van der Waals surface area (Å²) in [6, 6.07) is 2.82. The summed E-state index contributed by atoms with van der Waals surface area (Å²) in [5, 5.41) is 0. The van der Waals surface area contributed by atoms with Gasteiger partial charge in [-0.15, -0.1) is 0 Å². The third-order valence-corrected chi connectivity index (χ3v) is 2.39. The first kappa shape index (κ1) is 13.0. The summed E-state index contributed by atoms with van der Waals surface area (Å²) >= 11 is 0. The zero-order valence-electron chi connectivity index (χ0n) is 8.96. The van der Waals surface area contributed by atoms with Gasteiger partial charge in [0, 0.05) is 5.56 Å². The molecule has 98 valence electrons. The Bertz CT molecular complexity index is 464. The van der Waals surface area contributed by atoms with Crippen molar-refractivity contribution >= 4 is 5.78 Å². The monoisotopic (exact) mass is 264 g/mol. The maximum Gasteiger partial charge on any atom is 0.454 e. The number of hydrogen-bond donors (Lipinski definition) is 0.